The highest BCUT2D eigenvalue weighted by Gasteiger charge is 1.96. The lowest BCUT2D eigenvalue weighted by atomic mass is 10.5. The van der Waals surface area contributed by atoms with Crippen molar-refractivity contribution in [3.8, 4) is 0 Å². The maximum atomic E-state index is 10.6. The van der Waals surface area contributed by atoms with Gasteiger partial charge in [-0.3, -0.25) is 4.79 Å². The summed E-state index contributed by atoms with van der Waals surface area (Å²) in [6.07, 6.45) is 1.31. The molecule has 0 aromatic heterocycles. The molecule has 0 aromatic carbocycles. The molecule has 0 rings (SSSR count). The van der Waals surface area contributed by atoms with E-state index in [0.29, 0.717) is 0 Å². The van der Waals surface area contributed by atoms with Crippen molar-refractivity contribution in [2.45, 2.75) is 6.92 Å². The molecule has 0 aromatic rings. The van der Waals surface area contributed by atoms with E-state index < -0.39 is 0 Å². The molecule has 0 unspecified atom stereocenters. The predicted molar refractivity (Wildman–Crippen MR) is 33.5 cm³/mol. The first-order valence-electron chi connectivity index (χ1n) is 2.60. The summed E-state index contributed by atoms with van der Waals surface area (Å²) >= 11 is 0. The van der Waals surface area contributed by atoms with Gasteiger partial charge in [0.1, 0.15) is 0 Å². The molecule has 1 amide bonds. The summed E-state index contributed by atoms with van der Waals surface area (Å²) in [6, 6.07) is 0. The van der Waals surface area contributed by atoms with Crippen LogP contribution in [0.2, 0.25) is 0 Å². The Morgan fingerprint density at radius 3 is 2.50 bits per heavy atom. The topological polar surface area (TPSA) is 20.3 Å². The van der Waals surface area contributed by atoms with Crippen molar-refractivity contribution in [2.24, 2.45) is 0 Å². The van der Waals surface area contributed by atoms with Gasteiger partial charge in [-0.15, -0.1) is 0 Å². The number of hydrogen-bond acceptors (Lipinski definition) is 1. The van der Waals surface area contributed by atoms with Crippen LogP contribution in [0.5, 0.6) is 0 Å². The molecule has 0 N–H and O–H groups in total. The summed E-state index contributed by atoms with van der Waals surface area (Å²) in [5.41, 5.74) is 0. The maximum absolute atomic E-state index is 10.6. The third-order valence-corrected chi connectivity index (χ3v) is 1.03. The van der Waals surface area contributed by atoms with Gasteiger partial charge < -0.3 is 4.90 Å². The first-order chi connectivity index (χ1) is 3.72. The van der Waals surface area contributed by atoms with E-state index in [1.54, 1.807) is 11.9 Å². The minimum absolute atomic E-state index is 0.0208. The standard InChI is InChI=1S/C6H11NO/c1-4-6(8)7(3)5-2/h4H,1,5H2,2-3H3. The third-order valence-electron chi connectivity index (χ3n) is 1.03. The Kier molecular flexibility index (Phi) is 2.92. The highest BCUT2D eigenvalue weighted by molar-refractivity contribution is 5.86. The Hall–Kier alpha value is -0.790. The van der Waals surface area contributed by atoms with Gasteiger partial charge in [0.2, 0.25) is 5.91 Å². The number of carbonyl (C=O) groups excluding carboxylic acids is 1. The van der Waals surface area contributed by atoms with Crippen molar-refractivity contribution < 1.29 is 4.79 Å². The molecule has 0 heterocycles. The lowest BCUT2D eigenvalue weighted by Crippen LogP contribution is -2.23. The van der Waals surface area contributed by atoms with E-state index >= 15 is 0 Å². The van der Waals surface area contributed by atoms with Gasteiger partial charge in [0.05, 0.1) is 0 Å². The van der Waals surface area contributed by atoms with E-state index in [1.165, 1.54) is 6.08 Å². The second kappa shape index (κ2) is 3.24. The molecular formula is C6H11NO. The van der Waals surface area contributed by atoms with Crippen LogP contribution in [0.1, 0.15) is 6.92 Å². The second-order valence-corrected chi connectivity index (χ2v) is 1.56. The lowest BCUT2D eigenvalue weighted by molar-refractivity contribution is -0.124. The number of nitrogens with zero attached hydrogens (tertiary/aromatic N) is 1. The monoisotopic (exact) mass is 113 g/mol. The predicted octanol–water partition coefficient (Wildman–Crippen LogP) is 0.651. The summed E-state index contributed by atoms with van der Waals surface area (Å²) in [5, 5.41) is 0. The Labute approximate surface area is 49.8 Å². The van der Waals surface area contributed by atoms with Gasteiger partial charge >= 0.3 is 0 Å². The minimum atomic E-state index is -0.0208. The molecule has 46 valence electrons. The zero-order valence-electron chi connectivity index (χ0n) is 5.35. The van der Waals surface area contributed by atoms with Crippen LogP contribution in [0.15, 0.2) is 12.7 Å². The van der Waals surface area contributed by atoms with Gasteiger partial charge in [-0.1, -0.05) is 6.58 Å². The molecule has 0 fully saturated rings. The zero-order valence-corrected chi connectivity index (χ0v) is 5.35. The fourth-order valence-electron chi connectivity index (χ4n) is 0.312. The molecular weight excluding hydrogens is 102 g/mol. The number of rotatable bonds is 2. The SMILES string of the molecule is C=CC(=O)N(C)CC. The van der Waals surface area contributed by atoms with Crippen LogP contribution in [0.3, 0.4) is 0 Å². The normalized spacial score (nSPS) is 8.25. The molecule has 0 saturated carbocycles. The van der Waals surface area contributed by atoms with E-state index in [2.05, 4.69) is 6.58 Å². The van der Waals surface area contributed by atoms with E-state index in [9.17, 15) is 4.79 Å². The van der Waals surface area contributed by atoms with Gasteiger partial charge in [0.25, 0.3) is 0 Å². The molecule has 0 bridgehead atoms. The number of hydrogen-bond donors (Lipinski definition) is 0. The highest BCUT2D eigenvalue weighted by atomic mass is 16.2. The van der Waals surface area contributed by atoms with Crippen molar-refractivity contribution in [3.05, 3.63) is 12.7 Å². The molecule has 2 nitrogen and oxygen atoms in total. The van der Waals surface area contributed by atoms with Gasteiger partial charge in [-0.2, -0.15) is 0 Å². The van der Waals surface area contributed by atoms with Gasteiger partial charge in [-0.05, 0) is 13.0 Å². The van der Waals surface area contributed by atoms with Gasteiger partial charge in [0.15, 0.2) is 0 Å². The van der Waals surface area contributed by atoms with Gasteiger partial charge in [-0.25, -0.2) is 0 Å². The first kappa shape index (κ1) is 7.21. The maximum Gasteiger partial charge on any atom is 0.245 e. The van der Waals surface area contributed by atoms with Crippen molar-refractivity contribution in [2.75, 3.05) is 13.6 Å². The Balaban J connectivity index is 3.62. The van der Waals surface area contributed by atoms with Crippen LogP contribution in [-0.4, -0.2) is 24.4 Å². The number of carbonyl (C=O) groups is 1. The fourth-order valence-corrected chi connectivity index (χ4v) is 0.312. The highest BCUT2D eigenvalue weighted by Crippen LogP contribution is 1.81. The molecule has 0 aliphatic carbocycles. The third kappa shape index (κ3) is 1.78. The Morgan fingerprint density at radius 2 is 2.38 bits per heavy atom. The lowest BCUT2D eigenvalue weighted by Gasteiger charge is -2.09. The van der Waals surface area contributed by atoms with E-state index in [0.717, 1.165) is 6.54 Å². The summed E-state index contributed by atoms with van der Waals surface area (Å²) in [4.78, 5) is 12.1. The van der Waals surface area contributed by atoms with Crippen LogP contribution in [0.4, 0.5) is 0 Å². The van der Waals surface area contributed by atoms with Crippen LogP contribution in [-0.2, 0) is 4.79 Å². The molecule has 8 heavy (non-hydrogen) atoms. The number of likely N-dealkylation sites (N-methyl/N-ethyl adjacent to an activating group) is 1. The largest absolute Gasteiger partial charge is 0.343 e. The summed E-state index contributed by atoms with van der Waals surface area (Å²) in [7, 11) is 1.74. The quantitative estimate of drug-likeness (QED) is 0.481. The van der Waals surface area contributed by atoms with Gasteiger partial charge in [0, 0.05) is 13.6 Å². The first-order valence-corrected chi connectivity index (χ1v) is 2.60. The summed E-state index contributed by atoms with van der Waals surface area (Å²) < 4.78 is 0. The van der Waals surface area contributed by atoms with Crippen LogP contribution in [0.25, 0.3) is 0 Å². The number of amides is 1. The Bertz CT molecular complexity index is 98.7. The van der Waals surface area contributed by atoms with E-state index in [4.69, 9.17) is 0 Å². The van der Waals surface area contributed by atoms with E-state index in [1.807, 2.05) is 6.92 Å². The van der Waals surface area contributed by atoms with Crippen molar-refractivity contribution in [1.29, 1.82) is 0 Å². The molecule has 0 spiro atoms. The fraction of sp³-hybridized carbons (Fsp3) is 0.500. The van der Waals surface area contributed by atoms with E-state index in [-0.39, 0.29) is 5.91 Å². The zero-order chi connectivity index (χ0) is 6.57. The van der Waals surface area contributed by atoms with Crippen molar-refractivity contribution >= 4 is 5.91 Å². The average molecular weight is 113 g/mol. The summed E-state index contributed by atoms with van der Waals surface area (Å²) in [5.74, 6) is -0.0208. The summed E-state index contributed by atoms with van der Waals surface area (Å²) in [6.45, 7) is 6.00. The molecule has 2 heteroatoms. The molecule has 0 radical (unpaired) electrons. The van der Waals surface area contributed by atoms with Crippen molar-refractivity contribution in [3.63, 3.8) is 0 Å². The molecule has 0 aliphatic heterocycles. The molecule has 0 atom stereocenters. The minimum Gasteiger partial charge on any atom is -0.343 e. The molecule has 0 aliphatic rings. The molecule has 0 saturated heterocycles. The van der Waals surface area contributed by atoms with Crippen LogP contribution in [0, 0.1) is 0 Å². The second-order valence-electron chi connectivity index (χ2n) is 1.56. The smallest absolute Gasteiger partial charge is 0.245 e. The Morgan fingerprint density at radius 1 is 1.88 bits per heavy atom. The van der Waals surface area contributed by atoms with Crippen molar-refractivity contribution in [1.82, 2.24) is 4.90 Å². The van der Waals surface area contributed by atoms with Crippen LogP contribution >= 0.6 is 0 Å². The van der Waals surface area contributed by atoms with Crippen LogP contribution < -0.4 is 0 Å². The average Bonchev–Trinajstić information content (AvgIpc) is 1.84.